The molecule has 0 unspecified atom stereocenters. The second-order valence-corrected chi connectivity index (χ2v) is 0.486. The molecular weight excluding hydrogens is 84.0 g/mol. The van der Waals surface area contributed by atoms with Gasteiger partial charge in [-0.25, -0.2) is 4.79 Å². The predicted octanol–water partition coefficient (Wildman–Crippen LogP) is 0.272. The molecule has 0 aliphatic rings. The third kappa shape index (κ3) is 2.83. The highest BCUT2D eigenvalue weighted by Gasteiger charge is 1.85. The van der Waals surface area contributed by atoms with Crippen LogP contribution in [0.2, 0.25) is 0 Å². The van der Waals surface area contributed by atoms with Crippen LogP contribution in [0.5, 0.6) is 0 Å². The van der Waals surface area contributed by atoms with Crippen LogP contribution in [0.4, 0.5) is 4.79 Å². The van der Waals surface area contributed by atoms with Gasteiger partial charge < -0.3 is 9.84 Å². The molecule has 0 bridgehead atoms. The lowest BCUT2D eigenvalue weighted by molar-refractivity contribution is 0.134. The van der Waals surface area contributed by atoms with Crippen molar-refractivity contribution in [1.29, 1.82) is 0 Å². The van der Waals surface area contributed by atoms with Gasteiger partial charge in [0.05, 0.1) is 0 Å². The zero-order valence-corrected chi connectivity index (χ0v) is 2.84. The smallest absolute Gasteiger partial charge is 0.449 e. The van der Waals surface area contributed by atoms with Gasteiger partial charge in [0.2, 0.25) is 0 Å². The molecule has 3 heteroatoms. The van der Waals surface area contributed by atoms with Crippen LogP contribution in [0.15, 0.2) is 0 Å². The Bertz CT molecular complexity index is 88.7. The monoisotopic (exact) mass is 86.0 g/mol. The number of hydrogen-bond acceptors (Lipinski definition) is 2. The van der Waals surface area contributed by atoms with E-state index in [2.05, 4.69) is 11.2 Å². The molecule has 0 aliphatic heterocycles. The van der Waals surface area contributed by atoms with E-state index in [1.165, 1.54) is 6.11 Å². The van der Waals surface area contributed by atoms with Crippen LogP contribution in [0.25, 0.3) is 0 Å². The zero-order chi connectivity index (χ0) is 4.99. The van der Waals surface area contributed by atoms with Gasteiger partial charge >= 0.3 is 6.16 Å². The molecule has 0 radical (unpaired) electrons. The van der Waals surface area contributed by atoms with E-state index in [-0.39, 0.29) is 0 Å². The van der Waals surface area contributed by atoms with Crippen molar-refractivity contribution in [3.05, 3.63) is 0 Å². The van der Waals surface area contributed by atoms with Gasteiger partial charge in [0, 0.05) is 0 Å². The van der Waals surface area contributed by atoms with Gasteiger partial charge in [-0.3, -0.25) is 0 Å². The average molecular weight is 86.0 g/mol. The quantitative estimate of drug-likeness (QED) is 0.340. The second kappa shape index (κ2) is 2.09. The van der Waals surface area contributed by atoms with E-state index < -0.39 is 6.16 Å². The van der Waals surface area contributed by atoms with Gasteiger partial charge in [0.1, 0.15) is 6.11 Å². The second-order valence-electron chi connectivity index (χ2n) is 0.486. The molecule has 0 spiro atoms. The molecule has 0 saturated carbocycles. The van der Waals surface area contributed by atoms with Crippen molar-refractivity contribution in [2.24, 2.45) is 0 Å². The highest BCUT2D eigenvalue weighted by Crippen LogP contribution is 1.65. The molecule has 32 valence electrons. The Balaban J connectivity index is 3.13. The lowest BCUT2D eigenvalue weighted by Gasteiger charge is -1.76. The van der Waals surface area contributed by atoms with Gasteiger partial charge in [0.15, 0.2) is 0 Å². The Kier molecular flexibility index (Phi) is 1.68. The Morgan fingerprint density at radius 3 is 2.50 bits per heavy atom. The highest BCUT2D eigenvalue weighted by atomic mass is 16.6. The normalized spacial score (nSPS) is 5.83. The van der Waals surface area contributed by atoms with Gasteiger partial charge in [-0.05, 0) is 0 Å². The molecule has 0 aliphatic carbocycles. The summed E-state index contributed by atoms with van der Waals surface area (Å²) >= 11 is 0. The van der Waals surface area contributed by atoms with Crippen molar-refractivity contribution in [3.63, 3.8) is 0 Å². The van der Waals surface area contributed by atoms with E-state index in [0.717, 1.165) is 0 Å². The molecule has 0 heterocycles. The van der Waals surface area contributed by atoms with Crippen LogP contribution in [0.1, 0.15) is 0 Å². The summed E-state index contributed by atoms with van der Waals surface area (Å²) in [5, 5.41) is 7.55. The molecule has 0 aromatic rings. The summed E-state index contributed by atoms with van der Waals surface area (Å²) < 4.78 is 3.49. The van der Waals surface area contributed by atoms with Gasteiger partial charge in [-0.15, -0.1) is 0 Å². The van der Waals surface area contributed by atoms with Crippen LogP contribution < -0.4 is 0 Å². The van der Waals surface area contributed by atoms with E-state index in [0.29, 0.717) is 0 Å². The van der Waals surface area contributed by atoms with Crippen LogP contribution in [-0.2, 0) is 4.74 Å². The minimum Gasteiger partial charge on any atom is -0.449 e. The van der Waals surface area contributed by atoms with Gasteiger partial charge in [0.25, 0.3) is 0 Å². The molecule has 0 amide bonds. The van der Waals surface area contributed by atoms with E-state index in [1.54, 1.807) is 0 Å². The first kappa shape index (κ1) is 4.83. The maximum Gasteiger partial charge on any atom is 0.520 e. The third-order valence-corrected chi connectivity index (χ3v) is 0.146. The maximum atomic E-state index is 9.23. The van der Waals surface area contributed by atoms with Crippen molar-refractivity contribution < 1.29 is 14.6 Å². The predicted molar refractivity (Wildman–Crippen MR) is 17.9 cm³/mol. The van der Waals surface area contributed by atoms with E-state index in [4.69, 9.17) is 5.11 Å². The molecule has 3 nitrogen and oxygen atoms in total. The molecular formula is C3H2O3. The fraction of sp³-hybridized carbons (Fsp3) is 0. The van der Waals surface area contributed by atoms with Crippen LogP contribution in [-0.4, -0.2) is 11.3 Å². The van der Waals surface area contributed by atoms with Crippen molar-refractivity contribution in [1.82, 2.24) is 0 Å². The van der Waals surface area contributed by atoms with Crippen LogP contribution >= 0.6 is 0 Å². The minimum absolute atomic E-state index is 1.45. The van der Waals surface area contributed by atoms with E-state index >= 15 is 0 Å². The van der Waals surface area contributed by atoms with Crippen LogP contribution in [0.3, 0.4) is 0 Å². The number of terminal acetylenes is 1. The minimum atomic E-state index is -1.45. The first-order valence-corrected chi connectivity index (χ1v) is 1.12. The number of ether oxygens (including phenoxy) is 1. The summed E-state index contributed by atoms with van der Waals surface area (Å²) in [5.41, 5.74) is 0. The highest BCUT2D eigenvalue weighted by molar-refractivity contribution is 5.58. The fourth-order valence-electron chi connectivity index (χ4n) is 0.0504. The molecule has 6 heavy (non-hydrogen) atoms. The number of carboxylic acid groups (broad SMARTS) is 1. The average Bonchev–Trinajstić information content (AvgIpc) is 1.35. The Labute approximate surface area is 34.5 Å². The molecule has 0 atom stereocenters. The Morgan fingerprint density at radius 2 is 2.50 bits per heavy atom. The maximum absolute atomic E-state index is 9.23. The Hall–Kier alpha value is -1.17. The molecule has 0 fully saturated rings. The van der Waals surface area contributed by atoms with Crippen molar-refractivity contribution in [2.45, 2.75) is 0 Å². The molecule has 0 aromatic heterocycles. The number of hydrogen-bond donors (Lipinski definition) is 1. The fourth-order valence-corrected chi connectivity index (χ4v) is 0.0504. The first-order chi connectivity index (χ1) is 2.77. The Morgan fingerprint density at radius 1 is 2.00 bits per heavy atom. The standard InChI is InChI=1S/C3H2O3/c1-2-6-3(4)5/h1H,(H,4,5). The summed E-state index contributed by atoms with van der Waals surface area (Å²) in [6.45, 7) is 0. The van der Waals surface area contributed by atoms with Crippen molar-refractivity contribution in [2.75, 3.05) is 0 Å². The first-order valence-electron chi connectivity index (χ1n) is 1.12. The molecule has 1 N–H and O–H groups in total. The number of rotatable bonds is 0. The zero-order valence-electron chi connectivity index (χ0n) is 2.84. The largest absolute Gasteiger partial charge is 0.520 e. The summed E-state index contributed by atoms with van der Waals surface area (Å²) in [5.74, 6) is 0. The molecule has 0 saturated heterocycles. The third-order valence-electron chi connectivity index (χ3n) is 0.146. The van der Waals surface area contributed by atoms with Crippen molar-refractivity contribution in [3.8, 4) is 12.5 Å². The summed E-state index contributed by atoms with van der Waals surface area (Å²) in [4.78, 5) is 9.23. The van der Waals surface area contributed by atoms with Gasteiger partial charge in [-0.1, -0.05) is 6.42 Å². The topological polar surface area (TPSA) is 46.5 Å². The van der Waals surface area contributed by atoms with Crippen molar-refractivity contribution >= 4 is 6.16 Å². The lowest BCUT2D eigenvalue weighted by atomic mass is 11.2. The van der Waals surface area contributed by atoms with Crippen LogP contribution in [0, 0.1) is 12.5 Å². The summed E-state index contributed by atoms with van der Waals surface area (Å²) in [7, 11) is 0. The molecule has 0 aromatic carbocycles. The van der Waals surface area contributed by atoms with E-state index in [1.807, 2.05) is 0 Å². The summed E-state index contributed by atoms with van der Waals surface area (Å²) in [6, 6.07) is 0. The molecule has 0 rings (SSSR count). The van der Waals surface area contributed by atoms with Gasteiger partial charge in [-0.2, -0.15) is 0 Å². The SMILES string of the molecule is C#COC(=O)O. The van der Waals surface area contributed by atoms with E-state index in [9.17, 15) is 4.79 Å². The summed E-state index contributed by atoms with van der Waals surface area (Å²) in [6.07, 6.45) is 4.40. The number of carbonyl (C=O) groups is 1. The lowest BCUT2D eigenvalue weighted by Crippen LogP contribution is -1.90.